The maximum Gasteiger partial charge on any atom is 0.00962 e. The number of rotatable bonds is 1. The summed E-state index contributed by atoms with van der Waals surface area (Å²) in [6.45, 7) is 5.23. The van der Waals surface area contributed by atoms with Gasteiger partial charge in [-0.2, -0.15) is 0 Å². The quantitative estimate of drug-likeness (QED) is 0.737. The molecular formula is C14H28N2. The van der Waals surface area contributed by atoms with Crippen LogP contribution >= 0.6 is 0 Å². The first-order valence-corrected chi connectivity index (χ1v) is 7.41. The van der Waals surface area contributed by atoms with Gasteiger partial charge in [-0.05, 0) is 64.7 Å². The van der Waals surface area contributed by atoms with Crippen molar-refractivity contribution in [3.63, 3.8) is 0 Å². The van der Waals surface area contributed by atoms with Gasteiger partial charge in [0.1, 0.15) is 0 Å². The molecule has 0 aromatic heterocycles. The van der Waals surface area contributed by atoms with Crippen molar-refractivity contribution in [3.05, 3.63) is 0 Å². The summed E-state index contributed by atoms with van der Waals surface area (Å²) in [4.78, 5) is 2.81. The standard InChI is InChI=1S/C14H28N2/c1-2-4-12-16(13-5-3-1)14-8-6-10-15-11-7-9-14/h14-15H,1-13H2. The van der Waals surface area contributed by atoms with Gasteiger partial charge >= 0.3 is 0 Å². The van der Waals surface area contributed by atoms with E-state index in [4.69, 9.17) is 0 Å². The molecular weight excluding hydrogens is 196 g/mol. The number of hydrogen-bond donors (Lipinski definition) is 1. The number of hydrogen-bond acceptors (Lipinski definition) is 2. The largest absolute Gasteiger partial charge is 0.317 e. The summed E-state index contributed by atoms with van der Waals surface area (Å²) in [6, 6.07) is 0.903. The van der Waals surface area contributed by atoms with E-state index in [1.807, 2.05) is 0 Å². The lowest BCUT2D eigenvalue weighted by Gasteiger charge is -2.34. The Kier molecular flexibility index (Phi) is 5.64. The lowest BCUT2D eigenvalue weighted by atomic mass is 9.99. The third kappa shape index (κ3) is 4.06. The van der Waals surface area contributed by atoms with E-state index in [1.54, 1.807) is 0 Å². The Balaban J connectivity index is 1.81. The number of likely N-dealkylation sites (tertiary alicyclic amines) is 1. The predicted molar refractivity (Wildman–Crippen MR) is 69.8 cm³/mol. The Hall–Kier alpha value is -0.0800. The van der Waals surface area contributed by atoms with Crippen LogP contribution in [0.5, 0.6) is 0 Å². The van der Waals surface area contributed by atoms with E-state index >= 15 is 0 Å². The second kappa shape index (κ2) is 7.29. The molecule has 0 atom stereocenters. The van der Waals surface area contributed by atoms with Crippen molar-refractivity contribution < 1.29 is 0 Å². The molecule has 2 heteroatoms. The highest BCUT2D eigenvalue weighted by Gasteiger charge is 2.19. The molecule has 2 heterocycles. The average molecular weight is 224 g/mol. The highest BCUT2D eigenvalue weighted by atomic mass is 15.1. The van der Waals surface area contributed by atoms with Gasteiger partial charge in [-0.3, -0.25) is 0 Å². The molecule has 16 heavy (non-hydrogen) atoms. The molecule has 0 bridgehead atoms. The van der Waals surface area contributed by atoms with Crippen molar-refractivity contribution in [1.82, 2.24) is 10.2 Å². The molecule has 2 nitrogen and oxygen atoms in total. The van der Waals surface area contributed by atoms with Crippen LogP contribution in [0.2, 0.25) is 0 Å². The third-order valence-electron chi connectivity index (χ3n) is 4.19. The lowest BCUT2D eigenvalue weighted by Crippen LogP contribution is -2.39. The lowest BCUT2D eigenvalue weighted by molar-refractivity contribution is 0.154. The van der Waals surface area contributed by atoms with Gasteiger partial charge in [0.25, 0.3) is 0 Å². The predicted octanol–water partition coefficient (Wildman–Crippen LogP) is 2.78. The van der Waals surface area contributed by atoms with Gasteiger partial charge in [0.2, 0.25) is 0 Å². The van der Waals surface area contributed by atoms with Gasteiger partial charge in [-0.25, -0.2) is 0 Å². The minimum Gasteiger partial charge on any atom is -0.317 e. The Morgan fingerprint density at radius 2 is 1.25 bits per heavy atom. The molecule has 2 saturated heterocycles. The molecule has 0 aromatic rings. The smallest absolute Gasteiger partial charge is 0.00962 e. The molecule has 0 saturated carbocycles. The first-order chi connectivity index (χ1) is 7.97. The van der Waals surface area contributed by atoms with Gasteiger partial charge in [0.05, 0.1) is 0 Å². The summed E-state index contributed by atoms with van der Waals surface area (Å²) < 4.78 is 0. The molecule has 2 aliphatic heterocycles. The fraction of sp³-hybridized carbons (Fsp3) is 1.00. The zero-order valence-electron chi connectivity index (χ0n) is 10.7. The first-order valence-electron chi connectivity index (χ1n) is 7.41. The molecule has 0 aliphatic carbocycles. The Bertz CT molecular complexity index is 146. The van der Waals surface area contributed by atoms with Crippen LogP contribution in [0.1, 0.15) is 57.8 Å². The van der Waals surface area contributed by atoms with Gasteiger partial charge < -0.3 is 10.2 Å². The third-order valence-corrected chi connectivity index (χ3v) is 4.19. The molecule has 0 spiro atoms. The maximum absolute atomic E-state index is 3.51. The molecule has 94 valence electrons. The van der Waals surface area contributed by atoms with Crippen molar-refractivity contribution in [3.8, 4) is 0 Å². The molecule has 0 amide bonds. The van der Waals surface area contributed by atoms with Crippen LogP contribution in [-0.2, 0) is 0 Å². The summed E-state index contributed by atoms with van der Waals surface area (Å²) in [6.07, 6.45) is 12.9. The molecule has 2 aliphatic rings. The fourth-order valence-electron chi connectivity index (χ4n) is 3.20. The van der Waals surface area contributed by atoms with E-state index in [2.05, 4.69) is 10.2 Å². The minimum absolute atomic E-state index is 0.903. The van der Waals surface area contributed by atoms with Crippen LogP contribution < -0.4 is 5.32 Å². The average Bonchev–Trinajstić information content (AvgIpc) is 2.18. The van der Waals surface area contributed by atoms with Crippen LogP contribution in [0.3, 0.4) is 0 Å². The minimum atomic E-state index is 0.903. The summed E-state index contributed by atoms with van der Waals surface area (Å²) in [5.41, 5.74) is 0. The van der Waals surface area contributed by atoms with Crippen molar-refractivity contribution in [2.24, 2.45) is 0 Å². The number of nitrogens with zero attached hydrogens (tertiary/aromatic N) is 1. The molecule has 0 radical (unpaired) electrons. The summed E-state index contributed by atoms with van der Waals surface area (Å²) in [7, 11) is 0. The zero-order valence-corrected chi connectivity index (χ0v) is 10.7. The summed E-state index contributed by atoms with van der Waals surface area (Å²) in [5.74, 6) is 0. The second-order valence-electron chi connectivity index (χ2n) is 5.49. The Morgan fingerprint density at radius 1 is 0.688 bits per heavy atom. The van der Waals surface area contributed by atoms with Crippen LogP contribution in [-0.4, -0.2) is 37.1 Å². The molecule has 2 rings (SSSR count). The van der Waals surface area contributed by atoms with E-state index in [1.165, 1.54) is 84.0 Å². The van der Waals surface area contributed by atoms with E-state index < -0.39 is 0 Å². The summed E-state index contributed by atoms with van der Waals surface area (Å²) in [5, 5.41) is 3.51. The van der Waals surface area contributed by atoms with E-state index in [0.29, 0.717) is 0 Å². The van der Waals surface area contributed by atoms with Crippen molar-refractivity contribution >= 4 is 0 Å². The Morgan fingerprint density at radius 3 is 1.88 bits per heavy atom. The zero-order chi connectivity index (χ0) is 11.1. The van der Waals surface area contributed by atoms with Crippen LogP contribution in [0.4, 0.5) is 0 Å². The normalized spacial score (nSPS) is 27.8. The van der Waals surface area contributed by atoms with Gasteiger partial charge in [0, 0.05) is 6.04 Å². The SMILES string of the molecule is C1CCCN(C2CCCNCCC2)CCC1. The topological polar surface area (TPSA) is 15.3 Å². The van der Waals surface area contributed by atoms with E-state index in [-0.39, 0.29) is 0 Å². The molecule has 0 unspecified atom stereocenters. The maximum atomic E-state index is 3.51. The molecule has 0 aromatic carbocycles. The highest BCUT2D eigenvalue weighted by Crippen LogP contribution is 2.19. The number of nitrogens with one attached hydrogen (secondary N) is 1. The van der Waals surface area contributed by atoms with Crippen molar-refractivity contribution in [2.45, 2.75) is 63.8 Å². The molecule has 1 N–H and O–H groups in total. The van der Waals surface area contributed by atoms with Crippen LogP contribution in [0.25, 0.3) is 0 Å². The fourth-order valence-corrected chi connectivity index (χ4v) is 3.20. The second-order valence-corrected chi connectivity index (χ2v) is 5.49. The van der Waals surface area contributed by atoms with Crippen LogP contribution in [0.15, 0.2) is 0 Å². The van der Waals surface area contributed by atoms with Crippen LogP contribution in [0, 0.1) is 0 Å². The Labute approximate surface area is 101 Å². The van der Waals surface area contributed by atoms with Crippen molar-refractivity contribution in [1.29, 1.82) is 0 Å². The first kappa shape index (κ1) is 12.4. The van der Waals surface area contributed by atoms with E-state index in [0.717, 1.165) is 6.04 Å². The van der Waals surface area contributed by atoms with E-state index in [9.17, 15) is 0 Å². The monoisotopic (exact) mass is 224 g/mol. The van der Waals surface area contributed by atoms with Gasteiger partial charge in [0.15, 0.2) is 0 Å². The highest BCUT2D eigenvalue weighted by molar-refractivity contribution is 4.76. The van der Waals surface area contributed by atoms with Crippen molar-refractivity contribution in [2.75, 3.05) is 26.2 Å². The van der Waals surface area contributed by atoms with Gasteiger partial charge in [-0.15, -0.1) is 0 Å². The van der Waals surface area contributed by atoms with Gasteiger partial charge in [-0.1, -0.05) is 19.3 Å². The summed E-state index contributed by atoms with van der Waals surface area (Å²) >= 11 is 0. The molecule has 2 fully saturated rings.